The summed E-state index contributed by atoms with van der Waals surface area (Å²) in [5.41, 5.74) is 1.01. The van der Waals surface area contributed by atoms with Crippen LogP contribution in [0.2, 0.25) is 0 Å². The molecule has 0 aromatic heterocycles. The van der Waals surface area contributed by atoms with Gasteiger partial charge in [0.1, 0.15) is 0 Å². The summed E-state index contributed by atoms with van der Waals surface area (Å²) >= 11 is 0. The van der Waals surface area contributed by atoms with Gasteiger partial charge in [0.05, 0.1) is 11.3 Å². The molecule has 1 aromatic carbocycles. The quantitative estimate of drug-likeness (QED) is 0.842. The summed E-state index contributed by atoms with van der Waals surface area (Å²) in [6.07, 6.45) is 1.22. The Bertz CT molecular complexity index is 766. The van der Waals surface area contributed by atoms with Crippen molar-refractivity contribution in [3.05, 3.63) is 29.3 Å². The van der Waals surface area contributed by atoms with E-state index in [0.29, 0.717) is 17.7 Å². The average molecular weight is 319 g/mol. The number of aromatic carboxylic acids is 1. The second-order valence-corrected chi connectivity index (χ2v) is 9.03. The highest BCUT2D eigenvalue weighted by Crippen LogP contribution is 2.31. The molecule has 0 radical (unpaired) electrons. The number of rotatable bonds is 4. The third kappa shape index (κ3) is 2.93. The smallest absolute Gasteiger partial charge is 0.335 e. The maximum absolute atomic E-state index is 12.1. The van der Waals surface area contributed by atoms with Gasteiger partial charge in [-0.05, 0) is 30.2 Å². The number of hydrogen-bond acceptors (Lipinski definition) is 5. The van der Waals surface area contributed by atoms with Crippen LogP contribution < -0.4 is 4.31 Å². The Kier molecular flexibility index (Phi) is 3.51. The van der Waals surface area contributed by atoms with Crippen molar-refractivity contribution in [2.45, 2.75) is 6.42 Å². The van der Waals surface area contributed by atoms with Crippen LogP contribution >= 0.6 is 0 Å². The molecule has 0 atom stereocenters. The topological polar surface area (TPSA) is 109 Å². The number of nitrogens with zero attached hydrogens (tertiary/aromatic N) is 1. The van der Waals surface area contributed by atoms with Gasteiger partial charge >= 0.3 is 5.97 Å². The van der Waals surface area contributed by atoms with Crippen LogP contribution in [0.1, 0.15) is 15.9 Å². The molecule has 7 nitrogen and oxygen atoms in total. The van der Waals surface area contributed by atoms with Gasteiger partial charge in [0.2, 0.25) is 10.0 Å². The first-order valence-electron chi connectivity index (χ1n) is 5.64. The first kappa shape index (κ1) is 14.8. The number of carboxylic acids is 1. The molecule has 0 fully saturated rings. The van der Waals surface area contributed by atoms with Gasteiger partial charge < -0.3 is 5.11 Å². The predicted molar refractivity (Wildman–Crippen MR) is 73.1 cm³/mol. The minimum atomic E-state index is -3.97. The van der Waals surface area contributed by atoms with Crippen molar-refractivity contribution in [3.8, 4) is 0 Å². The second-order valence-electron chi connectivity index (χ2n) is 4.63. The van der Waals surface area contributed by atoms with Crippen LogP contribution in [0.25, 0.3) is 0 Å². The molecule has 0 amide bonds. The van der Waals surface area contributed by atoms with Crippen molar-refractivity contribution in [2.75, 3.05) is 22.2 Å². The van der Waals surface area contributed by atoms with Crippen molar-refractivity contribution < 1.29 is 26.7 Å². The summed E-state index contributed by atoms with van der Waals surface area (Å²) in [7, 11) is -7.63. The second kappa shape index (κ2) is 4.74. The Morgan fingerprint density at radius 2 is 1.95 bits per heavy atom. The van der Waals surface area contributed by atoms with Gasteiger partial charge in [0.25, 0.3) is 0 Å². The van der Waals surface area contributed by atoms with Crippen LogP contribution in [0.5, 0.6) is 0 Å². The highest BCUT2D eigenvalue weighted by atomic mass is 32.3. The van der Waals surface area contributed by atoms with E-state index < -0.39 is 30.9 Å². The lowest BCUT2D eigenvalue weighted by Gasteiger charge is -2.18. The Morgan fingerprint density at radius 1 is 1.30 bits per heavy atom. The van der Waals surface area contributed by atoms with Gasteiger partial charge in [0.15, 0.2) is 14.9 Å². The summed E-state index contributed by atoms with van der Waals surface area (Å²) in [4.78, 5) is 10.9. The monoisotopic (exact) mass is 319 g/mol. The molecule has 0 spiro atoms. The molecule has 9 heteroatoms. The number of fused-ring (bicyclic) bond motifs is 1. The highest BCUT2D eigenvalue weighted by molar-refractivity contribution is 8.08. The number of sulfonamides is 1. The Labute approximate surface area is 116 Å². The molecule has 20 heavy (non-hydrogen) atoms. The summed E-state index contributed by atoms with van der Waals surface area (Å²) in [5, 5.41) is 7.93. The summed E-state index contributed by atoms with van der Waals surface area (Å²) in [5.74, 6) is -1.09. The van der Waals surface area contributed by atoms with Gasteiger partial charge in [-0.3, -0.25) is 4.31 Å². The fraction of sp³-hybridized carbons (Fsp3) is 0.364. The normalized spacial score (nSPS) is 15.2. The van der Waals surface area contributed by atoms with Gasteiger partial charge in [-0.15, -0.1) is 0 Å². The van der Waals surface area contributed by atoms with E-state index in [1.165, 1.54) is 18.2 Å². The molecule has 110 valence electrons. The minimum absolute atomic E-state index is 0.0751. The standard InChI is InChI=1S/C11H13NO6S2/c1-19(15,16)7-20(17,18)12-5-4-8-6-9(11(13)14)2-3-10(8)12/h2-3,6H,4-5,7H2,1H3,(H,13,14). The lowest BCUT2D eigenvalue weighted by Crippen LogP contribution is -2.33. The third-order valence-electron chi connectivity index (χ3n) is 2.88. The highest BCUT2D eigenvalue weighted by Gasteiger charge is 2.32. The molecule has 1 aliphatic heterocycles. The van der Waals surface area contributed by atoms with E-state index in [9.17, 15) is 21.6 Å². The minimum Gasteiger partial charge on any atom is -0.478 e. The predicted octanol–water partition coefficient (Wildman–Crippen LogP) is 0.0792. The molecule has 1 aromatic rings. The zero-order chi connectivity index (χ0) is 15.1. The molecule has 0 unspecified atom stereocenters. The Balaban J connectivity index is 2.40. The van der Waals surface area contributed by atoms with Gasteiger partial charge in [-0.2, -0.15) is 0 Å². The SMILES string of the molecule is CS(=O)(=O)CS(=O)(=O)N1CCc2cc(C(=O)O)ccc21. The van der Waals surface area contributed by atoms with Crippen molar-refractivity contribution in [1.29, 1.82) is 0 Å². The van der Waals surface area contributed by atoms with E-state index in [1.807, 2.05) is 0 Å². The zero-order valence-corrected chi connectivity index (χ0v) is 12.2. The number of carboxylic acid groups (broad SMARTS) is 1. The third-order valence-corrected chi connectivity index (χ3v) is 6.83. The van der Waals surface area contributed by atoms with Crippen LogP contribution in [0, 0.1) is 0 Å². The fourth-order valence-electron chi connectivity index (χ4n) is 2.13. The fourth-order valence-corrected chi connectivity index (χ4v) is 5.65. The van der Waals surface area contributed by atoms with E-state index in [0.717, 1.165) is 10.6 Å². The summed E-state index contributed by atoms with van der Waals surface area (Å²) < 4.78 is 47.5. The van der Waals surface area contributed by atoms with Crippen LogP contribution in [0.15, 0.2) is 18.2 Å². The van der Waals surface area contributed by atoms with Crippen LogP contribution in [-0.4, -0.2) is 45.8 Å². The number of anilines is 1. The van der Waals surface area contributed by atoms with E-state index in [2.05, 4.69) is 0 Å². The lowest BCUT2D eigenvalue weighted by molar-refractivity contribution is 0.0697. The average Bonchev–Trinajstić information content (AvgIpc) is 2.68. The molecule has 2 rings (SSSR count). The van der Waals surface area contributed by atoms with E-state index in [1.54, 1.807) is 0 Å². The first-order chi connectivity index (χ1) is 9.10. The van der Waals surface area contributed by atoms with Crippen LogP contribution in [0.4, 0.5) is 5.69 Å². The number of hydrogen-bond donors (Lipinski definition) is 1. The van der Waals surface area contributed by atoms with Gasteiger partial charge in [-0.25, -0.2) is 21.6 Å². The van der Waals surface area contributed by atoms with Gasteiger partial charge in [0, 0.05) is 12.8 Å². The maximum Gasteiger partial charge on any atom is 0.335 e. The first-order valence-corrected chi connectivity index (χ1v) is 9.31. The van der Waals surface area contributed by atoms with E-state index in [4.69, 9.17) is 5.11 Å². The Morgan fingerprint density at radius 3 is 2.50 bits per heavy atom. The lowest BCUT2D eigenvalue weighted by atomic mass is 10.1. The van der Waals surface area contributed by atoms with Crippen molar-refractivity contribution in [2.24, 2.45) is 0 Å². The van der Waals surface area contributed by atoms with E-state index in [-0.39, 0.29) is 12.1 Å². The van der Waals surface area contributed by atoms with Gasteiger partial charge in [-0.1, -0.05) is 0 Å². The summed E-state index contributed by atoms with van der Waals surface area (Å²) in [6, 6.07) is 4.11. The van der Waals surface area contributed by atoms with E-state index >= 15 is 0 Å². The molecule has 0 aliphatic carbocycles. The van der Waals surface area contributed by atoms with Crippen molar-refractivity contribution in [3.63, 3.8) is 0 Å². The Hall–Kier alpha value is -1.61. The number of benzene rings is 1. The number of sulfone groups is 1. The van der Waals surface area contributed by atoms with Crippen LogP contribution in [0.3, 0.4) is 0 Å². The molecule has 1 aliphatic rings. The van der Waals surface area contributed by atoms with Crippen molar-refractivity contribution >= 4 is 31.5 Å². The largest absolute Gasteiger partial charge is 0.478 e. The summed E-state index contributed by atoms with van der Waals surface area (Å²) in [6.45, 7) is 0.121. The van der Waals surface area contributed by atoms with Crippen LogP contribution in [-0.2, 0) is 26.3 Å². The molecular weight excluding hydrogens is 306 g/mol. The molecule has 1 heterocycles. The van der Waals surface area contributed by atoms with Crippen molar-refractivity contribution in [1.82, 2.24) is 0 Å². The molecule has 1 N–H and O–H groups in total. The maximum atomic E-state index is 12.1. The zero-order valence-electron chi connectivity index (χ0n) is 10.6. The molecule has 0 saturated heterocycles. The molecule has 0 bridgehead atoms. The number of carbonyl (C=O) groups is 1. The molecule has 0 saturated carbocycles. The molecular formula is C11H13NO6S2.